The van der Waals surface area contributed by atoms with E-state index in [0.29, 0.717) is 5.78 Å². The van der Waals surface area contributed by atoms with Crippen LogP contribution in [0.3, 0.4) is 0 Å². The predicted octanol–water partition coefficient (Wildman–Crippen LogP) is 2.89. The topological polar surface area (TPSA) is 34.9 Å². The summed E-state index contributed by atoms with van der Waals surface area (Å²) in [6.07, 6.45) is 2.89. The number of nitrogens with zero attached hydrogens (tertiary/aromatic N) is 2. The zero-order chi connectivity index (χ0) is 11.9. The number of aryl methyl sites for hydroxylation is 2. The Morgan fingerprint density at radius 1 is 1.56 bits per heavy atom. The van der Waals surface area contributed by atoms with Crippen LogP contribution in [-0.2, 0) is 17.8 Å². The Hall–Kier alpha value is -0.640. The molecule has 3 nitrogen and oxygen atoms in total. The maximum absolute atomic E-state index is 11.6. The number of rotatable bonds is 4. The standard InChI is InChI=1S/C12H17BrN2O/c1-4-15-10(11(13)8(2)14-15)7-12(5-6-12)9(3)16/h4-7H2,1-3H3. The predicted molar refractivity (Wildman–Crippen MR) is 66.4 cm³/mol. The van der Waals surface area contributed by atoms with Gasteiger partial charge in [-0.05, 0) is 49.5 Å². The molecule has 1 aromatic rings. The minimum atomic E-state index is -0.0814. The van der Waals surface area contributed by atoms with Crippen LogP contribution in [0.15, 0.2) is 4.47 Å². The molecule has 0 bridgehead atoms. The highest BCUT2D eigenvalue weighted by Crippen LogP contribution is 2.50. The average Bonchev–Trinajstić information content (AvgIpc) is 2.97. The molecule has 2 rings (SSSR count). The Morgan fingerprint density at radius 2 is 2.19 bits per heavy atom. The number of Topliss-reactive ketones (excluding diaryl/α,β-unsaturated/α-hetero) is 1. The highest BCUT2D eigenvalue weighted by atomic mass is 79.9. The number of hydrogen-bond acceptors (Lipinski definition) is 2. The van der Waals surface area contributed by atoms with Gasteiger partial charge in [0.2, 0.25) is 0 Å². The first-order chi connectivity index (χ1) is 7.50. The van der Waals surface area contributed by atoms with Crippen molar-refractivity contribution in [3.8, 4) is 0 Å². The molecule has 1 heterocycles. The van der Waals surface area contributed by atoms with Crippen LogP contribution in [0.2, 0.25) is 0 Å². The summed E-state index contributed by atoms with van der Waals surface area (Å²) in [6, 6.07) is 0. The van der Waals surface area contributed by atoms with Gasteiger partial charge in [0, 0.05) is 18.4 Å². The summed E-state index contributed by atoms with van der Waals surface area (Å²) < 4.78 is 3.07. The third kappa shape index (κ3) is 1.83. The second kappa shape index (κ2) is 3.99. The molecular weight excluding hydrogens is 268 g/mol. The maximum atomic E-state index is 11.6. The third-order valence-corrected chi connectivity index (χ3v) is 4.59. The molecule has 0 amide bonds. The summed E-state index contributed by atoms with van der Waals surface area (Å²) in [6.45, 7) is 6.64. The first kappa shape index (κ1) is 11.8. The minimum Gasteiger partial charge on any atom is -0.299 e. The molecule has 0 spiro atoms. The molecule has 1 aromatic heterocycles. The van der Waals surface area contributed by atoms with E-state index < -0.39 is 0 Å². The highest BCUT2D eigenvalue weighted by molar-refractivity contribution is 9.10. The summed E-state index contributed by atoms with van der Waals surface area (Å²) in [5.41, 5.74) is 2.10. The molecule has 0 aromatic carbocycles. The number of carbonyl (C=O) groups is 1. The van der Waals surface area contributed by atoms with E-state index >= 15 is 0 Å². The fourth-order valence-corrected chi connectivity index (χ4v) is 2.59. The zero-order valence-electron chi connectivity index (χ0n) is 10.0. The highest BCUT2D eigenvalue weighted by Gasteiger charge is 2.48. The van der Waals surface area contributed by atoms with Gasteiger partial charge in [-0.2, -0.15) is 5.10 Å². The van der Waals surface area contributed by atoms with Crippen LogP contribution in [0.4, 0.5) is 0 Å². The fraction of sp³-hybridized carbons (Fsp3) is 0.667. The fourth-order valence-electron chi connectivity index (χ4n) is 2.16. The van der Waals surface area contributed by atoms with E-state index in [1.54, 1.807) is 6.92 Å². The molecule has 0 aliphatic heterocycles. The van der Waals surface area contributed by atoms with Gasteiger partial charge in [-0.15, -0.1) is 0 Å². The van der Waals surface area contributed by atoms with Crippen molar-refractivity contribution in [3.05, 3.63) is 15.9 Å². The smallest absolute Gasteiger partial charge is 0.136 e. The molecule has 0 N–H and O–H groups in total. The van der Waals surface area contributed by atoms with Crippen molar-refractivity contribution >= 4 is 21.7 Å². The Bertz CT molecular complexity index is 432. The lowest BCUT2D eigenvalue weighted by Crippen LogP contribution is -2.18. The normalized spacial score (nSPS) is 17.5. The van der Waals surface area contributed by atoms with E-state index in [1.165, 1.54) is 5.69 Å². The Kier molecular flexibility index (Phi) is 2.95. The van der Waals surface area contributed by atoms with E-state index in [0.717, 1.165) is 36.0 Å². The van der Waals surface area contributed by atoms with Gasteiger partial charge in [-0.3, -0.25) is 9.48 Å². The van der Waals surface area contributed by atoms with Crippen molar-refractivity contribution < 1.29 is 4.79 Å². The summed E-state index contributed by atoms with van der Waals surface area (Å²) in [5.74, 6) is 0.320. The van der Waals surface area contributed by atoms with Crippen molar-refractivity contribution in [2.75, 3.05) is 0 Å². The van der Waals surface area contributed by atoms with Crippen LogP contribution in [0.1, 0.15) is 38.1 Å². The van der Waals surface area contributed by atoms with Crippen molar-refractivity contribution in [2.45, 2.75) is 46.6 Å². The largest absolute Gasteiger partial charge is 0.299 e. The average molecular weight is 285 g/mol. The summed E-state index contributed by atoms with van der Waals surface area (Å²) in [4.78, 5) is 11.6. The van der Waals surface area contributed by atoms with E-state index in [-0.39, 0.29) is 5.41 Å². The lowest BCUT2D eigenvalue weighted by atomic mass is 9.95. The van der Waals surface area contributed by atoms with E-state index in [1.807, 2.05) is 11.6 Å². The van der Waals surface area contributed by atoms with Gasteiger partial charge in [0.1, 0.15) is 5.78 Å². The van der Waals surface area contributed by atoms with Gasteiger partial charge < -0.3 is 0 Å². The van der Waals surface area contributed by atoms with Crippen LogP contribution < -0.4 is 0 Å². The maximum Gasteiger partial charge on any atom is 0.136 e. The van der Waals surface area contributed by atoms with Crippen LogP contribution in [0.5, 0.6) is 0 Å². The first-order valence-corrected chi connectivity index (χ1v) is 6.52. The van der Waals surface area contributed by atoms with Gasteiger partial charge in [0.25, 0.3) is 0 Å². The molecule has 4 heteroatoms. The van der Waals surface area contributed by atoms with Gasteiger partial charge >= 0.3 is 0 Å². The summed E-state index contributed by atoms with van der Waals surface area (Å²) >= 11 is 3.58. The summed E-state index contributed by atoms with van der Waals surface area (Å²) in [7, 11) is 0. The monoisotopic (exact) mass is 284 g/mol. The molecule has 0 atom stereocenters. The van der Waals surface area contributed by atoms with Crippen molar-refractivity contribution in [3.63, 3.8) is 0 Å². The minimum absolute atomic E-state index is 0.0814. The van der Waals surface area contributed by atoms with Crippen LogP contribution >= 0.6 is 15.9 Å². The number of ketones is 1. The van der Waals surface area contributed by atoms with Gasteiger partial charge in [0.15, 0.2) is 0 Å². The van der Waals surface area contributed by atoms with E-state index in [2.05, 4.69) is 28.0 Å². The quantitative estimate of drug-likeness (QED) is 0.852. The van der Waals surface area contributed by atoms with Gasteiger partial charge in [0.05, 0.1) is 15.9 Å². The van der Waals surface area contributed by atoms with Crippen LogP contribution in [-0.4, -0.2) is 15.6 Å². The van der Waals surface area contributed by atoms with Crippen LogP contribution in [0.25, 0.3) is 0 Å². The first-order valence-electron chi connectivity index (χ1n) is 5.73. The Labute approximate surface area is 104 Å². The third-order valence-electron chi connectivity index (χ3n) is 3.56. The van der Waals surface area contributed by atoms with Gasteiger partial charge in [-0.1, -0.05) is 0 Å². The van der Waals surface area contributed by atoms with Crippen molar-refractivity contribution in [2.24, 2.45) is 5.41 Å². The molecule has 0 radical (unpaired) electrons. The van der Waals surface area contributed by atoms with Crippen molar-refractivity contribution in [1.82, 2.24) is 9.78 Å². The number of aromatic nitrogens is 2. The molecule has 16 heavy (non-hydrogen) atoms. The molecule has 0 unspecified atom stereocenters. The SMILES string of the molecule is CCn1nc(C)c(Br)c1CC1(C(C)=O)CC1. The van der Waals surface area contributed by atoms with E-state index in [4.69, 9.17) is 0 Å². The molecule has 88 valence electrons. The second-order valence-electron chi connectivity index (χ2n) is 4.68. The number of hydrogen-bond donors (Lipinski definition) is 0. The molecular formula is C12H17BrN2O. The Morgan fingerprint density at radius 3 is 2.62 bits per heavy atom. The van der Waals surface area contributed by atoms with Crippen LogP contribution in [0, 0.1) is 12.3 Å². The number of carbonyl (C=O) groups excluding carboxylic acids is 1. The molecule has 1 saturated carbocycles. The van der Waals surface area contributed by atoms with Crippen molar-refractivity contribution in [1.29, 1.82) is 0 Å². The molecule has 1 fully saturated rings. The molecule has 1 aliphatic carbocycles. The summed E-state index contributed by atoms with van der Waals surface area (Å²) in [5, 5.41) is 4.46. The zero-order valence-corrected chi connectivity index (χ0v) is 11.6. The lowest BCUT2D eigenvalue weighted by molar-refractivity contribution is -0.122. The molecule has 1 aliphatic rings. The molecule has 0 saturated heterocycles. The number of halogens is 1. The second-order valence-corrected chi connectivity index (χ2v) is 5.47. The van der Waals surface area contributed by atoms with Gasteiger partial charge in [-0.25, -0.2) is 0 Å². The Balaban J connectivity index is 2.31. The van der Waals surface area contributed by atoms with E-state index in [9.17, 15) is 4.79 Å². The lowest BCUT2D eigenvalue weighted by Gasteiger charge is -2.12.